The molecule has 2 aliphatic rings. The van der Waals surface area contributed by atoms with E-state index in [0.717, 1.165) is 5.56 Å². The number of piperidine rings is 1. The Kier molecular flexibility index (Phi) is 33.2. The molecular formula is C70H113N13O13. The Hall–Kier alpha value is -7.71. The molecule has 2 fully saturated rings. The minimum Gasteiger partial charge on any atom is -0.379 e. The fourth-order valence-corrected chi connectivity index (χ4v) is 13.1. The maximum absolute atomic E-state index is 14.7. The molecule has 96 heavy (non-hydrogen) atoms. The third kappa shape index (κ3) is 23.8. The number of carbonyl (C=O) groups is 11. The Morgan fingerprint density at radius 3 is 1.83 bits per heavy atom. The first kappa shape index (κ1) is 80.7. The van der Waals surface area contributed by atoms with E-state index >= 15 is 0 Å². The second kappa shape index (κ2) is 39.5. The number of primary amides is 1. The van der Waals surface area contributed by atoms with Crippen LogP contribution in [0.3, 0.4) is 0 Å². The van der Waals surface area contributed by atoms with E-state index in [1.807, 2.05) is 90.9 Å². The number of anilines is 1. The first-order chi connectivity index (χ1) is 45.4. The molecule has 0 spiro atoms. The van der Waals surface area contributed by atoms with Crippen molar-refractivity contribution in [3.8, 4) is 0 Å². The van der Waals surface area contributed by atoms with Gasteiger partial charge in [-0.25, -0.2) is 4.79 Å². The lowest BCUT2D eigenvalue weighted by Gasteiger charge is -2.41. The number of carbonyl (C=O) groups excluding carboxylic acids is 11. The van der Waals surface area contributed by atoms with Crippen LogP contribution in [0.4, 0.5) is 10.5 Å². The Bertz CT molecular complexity index is 2880. The van der Waals surface area contributed by atoms with Crippen LogP contribution in [-0.2, 0) is 70.4 Å². The Morgan fingerprint density at radius 1 is 0.656 bits per heavy atom. The third-order valence-electron chi connectivity index (χ3n) is 18.8. The predicted molar refractivity (Wildman–Crippen MR) is 367 cm³/mol. The lowest BCUT2D eigenvalue weighted by Crippen LogP contribution is -2.59. The molecule has 2 aliphatic heterocycles. The van der Waals surface area contributed by atoms with Gasteiger partial charge in [0.15, 0.2) is 0 Å². The Morgan fingerprint density at radius 2 is 1.28 bits per heavy atom. The van der Waals surface area contributed by atoms with Crippen LogP contribution in [0.1, 0.15) is 138 Å². The summed E-state index contributed by atoms with van der Waals surface area (Å²) in [4.78, 5) is 158. The monoisotopic (exact) mass is 1340 g/mol. The number of urea groups is 1. The van der Waals surface area contributed by atoms with Gasteiger partial charge in [0.25, 0.3) is 0 Å². The number of rotatable bonds is 37. The van der Waals surface area contributed by atoms with Crippen LogP contribution in [0.2, 0.25) is 0 Å². The molecule has 2 heterocycles. The van der Waals surface area contributed by atoms with E-state index in [4.69, 9.17) is 15.2 Å². The maximum atomic E-state index is 14.7. The van der Waals surface area contributed by atoms with E-state index in [1.54, 1.807) is 80.9 Å². The van der Waals surface area contributed by atoms with Crippen LogP contribution in [-0.4, -0.2) is 220 Å². The molecule has 536 valence electrons. The van der Waals surface area contributed by atoms with E-state index in [2.05, 4.69) is 37.2 Å². The van der Waals surface area contributed by atoms with Crippen LogP contribution >= 0.6 is 0 Å². The molecule has 0 unspecified atom stereocenters. The number of benzene rings is 2. The molecule has 26 heteroatoms. The summed E-state index contributed by atoms with van der Waals surface area (Å²) in [6.45, 7) is 18.4. The molecule has 2 saturated heterocycles. The van der Waals surface area contributed by atoms with Gasteiger partial charge in [0.2, 0.25) is 59.1 Å². The van der Waals surface area contributed by atoms with Crippen LogP contribution in [0.25, 0.3) is 0 Å². The molecule has 9 N–H and O–H groups in total. The van der Waals surface area contributed by atoms with Crippen molar-refractivity contribution >= 4 is 70.8 Å². The molecule has 2 aromatic rings. The summed E-state index contributed by atoms with van der Waals surface area (Å²) in [5.41, 5.74) is 7.14. The minimum atomic E-state index is -1.13. The van der Waals surface area contributed by atoms with Crippen LogP contribution in [0.15, 0.2) is 54.6 Å². The van der Waals surface area contributed by atoms with Crippen molar-refractivity contribution in [2.75, 3.05) is 81.0 Å². The maximum Gasteiger partial charge on any atom is 0.312 e. The quantitative estimate of drug-likeness (QED) is 0.0447. The Labute approximate surface area is 569 Å². The third-order valence-corrected chi connectivity index (χ3v) is 18.8. The zero-order chi connectivity index (χ0) is 71.7. The van der Waals surface area contributed by atoms with E-state index in [0.29, 0.717) is 63.0 Å². The number of methoxy groups -OCH3 is 2. The highest BCUT2D eigenvalue weighted by atomic mass is 16.5. The van der Waals surface area contributed by atoms with Crippen LogP contribution in [0.5, 0.6) is 0 Å². The smallest absolute Gasteiger partial charge is 0.312 e. The molecule has 12 amide bonds. The molecule has 11 atom stereocenters. The number of nitrogens with two attached hydrogens (primary N) is 1. The fourth-order valence-electron chi connectivity index (χ4n) is 13.1. The van der Waals surface area contributed by atoms with Gasteiger partial charge in [-0.2, -0.15) is 0 Å². The first-order valence-electron chi connectivity index (χ1n) is 34.1. The Balaban J connectivity index is 1.45. The lowest BCUT2D eigenvalue weighted by atomic mass is 9.89. The molecule has 0 aromatic heterocycles. The normalized spacial score (nSPS) is 17.4. The van der Waals surface area contributed by atoms with E-state index < -0.39 is 96.0 Å². The largest absolute Gasteiger partial charge is 0.379 e. The fraction of sp³-hybridized carbons (Fsp3) is 0.671. The first-order valence-corrected chi connectivity index (χ1v) is 34.1. The van der Waals surface area contributed by atoms with Gasteiger partial charge >= 0.3 is 6.03 Å². The predicted octanol–water partition coefficient (Wildman–Crippen LogP) is 3.80. The second-order valence-corrected chi connectivity index (χ2v) is 27.2. The summed E-state index contributed by atoms with van der Waals surface area (Å²) < 4.78 is 12.2. The summed E-state index contributed by atoms with van der Waals surface area (Å²) in [7, 11) is 11.6. The van der Waals surface area contributed by atoms with Crippen molar-refractivity contribution in [2.45, 2.75) is 194 Å². The number of hydrogen-bond acceptors (Lipinski definition) is 14. The number of hydrogen-bond donors (Lipinski definition) is 8. The van der Waals surface area contributed by atoms with E-state index in [1.165, 1.54) is 19.1 Å². The van der Waals surface area contributed by atoms with Gasteiger partial charge in [-0.1, -0.05) is 111 Å². The average molecular weight is 1340 g/mol. The summed E-state index contributed by atoms with van der Waals surface area (Å²) >= 11 is 0. The van der Waals surface area contributed by atoms with Gasteiger partial charge in [-0.3, -0.25) is 52.8 Å². The number of likely N-dealkylation sites (N-methyl/N-ethyl adjacent to an activating group) is 3. The van der Waals surface area contributed by atoms with E-state index in [-0.39, 0.29) is 111 Å². The highest BCUT2D eigenvalue weighted by Gasteiger charge is 2.44. The summed E-state index contributed by atoms with van der Waals surface area (Å²) in [5, 5.41) is 19.6. The molecule has 0 radical (unpaired) electrons. The molecule has 2 aromatic carbocycles. The second-order valence-electron chi connectivity index (χ2n) is 27.2. The van der Waals surface area contributed by atoms with Crippen molar-refractivity contribution in [1.29, 1.82) is 0 Å². The molecule has 0 bridgehead atoms. The zero-order valence-corrected chi connectivity index (χ0v) is 59.8. The van der Waals surface area contributed by atoms with Gasteiger partial charge in [-0.05, 0) is 99.6 Å². The standard InChI is InChI=1S/C70H113N13O13/c1-17-45(8)61(81(14)69(93)59(43(4)5)78-67(91)60(44(6)7)79(11)12)54(95-15)40-57(86)83-36-22-26-53(83)62(96-16)46(9)63(87)76-52(39-47-23-19-18-20-24-47)68(92)80(13)41-48-27-29-50(30-28-48)74-65(89)51(25-21-35-73-70(71)94)75-66(90)58(42(2)3)77-55(84)31-32-56(85)82-37-33-49(34-38-82)64(88)72-10/h18-20,23-24,27-30,42-46,49,51-54,58-62H,17,21-22,25-26,31-41H2,1-16H3,(H,72,88)(H,74,89)(H,75,90)(H,76,87)(H,77,84)(H,78,91)(H3,71,73,94)/t45-,46+,51-,52-,53-,54+,58-,59-,60-,61-,62+/m0/s1. The summed E-state index contributed by atoms with van der Waals surface area (Å²) in [5.74, 6) is -5.39. The number of likely N-dealkylation sites (tertiary alicyclic amines) is 2. The highest BCUT2D eigenvalue weighted by molar-refractivity contribution is 5.99. The van der Waals surface area contributed by atoms with E-state index in [9.17, 15) is 52.7 Å². The van der Waals surface area contributed by atoms with Gasteiger partial charge in [0.05, 0.1) is 42.7 Å². The highest BCUT2D eigenvalue weighted by Crippen LogP contribution is 2.30. The number of nitrogens with zero attached hydrogens (tertiary/aromatic N) is 5. The zero-order valence-electron chi connectivity index (χ0n) is 59.8. The summed E-state index contributed by atoms with van der Waals surface area (Å²) in [6.07, 6.45) is 1.58. The molecule has 4 rings (SSSR count). The van der Waals surface area contributed by atoms with Crippen molar-refractivity contribution in [1.82, 2.24) is 56.4 Å². The van der Waals surface area contributed by atoms with Gasteiger partial charge in [-0.15, -0.1) is 0 Å². The molecule has 0 aliphatic carbocycles. The topological polar surface area (TPSA) is 333 Å². The van der Waals surface area contributed by atoms with Gasteiger partial charge in [0, 0.05) is 99.0 Å². The van der Waals surface area contributed by atoms with Crippen molar-refractivity contribution < 1.29 is 62.2 Å². The number of amides is 12. The van der Waals surface area contributed by atoms with Crippen molar-refractivity contribution in [3.63, 3.8) is 0 Å². The summed E-state index contributed by atoms with van der Waals surface area (Å²) in [6, 6.07) is 9.75. The van der Waals surface area contributed by atoms with Crippen LogP contribution in [0, 0.1) is 35.5 Å². The minimum absolute atomic E-state index is 0.00649. The number of nitrogens with one attached hydrogen (secondary N) is 7. The molecule has 26 nitrogen and oxygen atoms in total. The molecular weight excluding hydrogens is 1230 g/mol. The van der Waals surface area contributed by atoms with Gasteiger partial charge < -0.3 is 72.0 Å². The van der Waals surface area contributed by atoms with Crippen molar-refractivity contribution in [3.05, 3.63) is 65.7 Å². The average Bonchev–Trinajstić information content (AvgIpc) is 1.49. The SMILES string of the molecule is CC[C@H](C)[C@@H]([C@@H](CC(=O)N1CCC[C@H]1[C@H](OC)[C@@H](C)C(=O)N[C@@H](Cc1ccccc1)C(=O)N(C)Cc1ccc(NC(=O)[C@H](CCCNC(N)=O)NC(=O)[C@@H](NC(=O)CCC(=O)N2CCC(C(=O)NC)CC2)C(C)C)cc1)OC)N(C)C(=O)[C@@H](NC(=O)[C@H](C(C)C)N(C)C)C(C)C. The van der Waals surface area contributed by atoms with Gasteiger partial charge in [0.1, 0.15) is 24.2 Å². The van der Waals surface area contributed by atoms with Crippen molar-refractivity contribution in [2.24, 2.45) is 41.2 Å². The lowest BCUT2D eigenvalue weighted by molar-refractivity contribution is -0.148. The molecule has 0 saturated carbocycles. The van der Waals surface area contributed by atoms with Crippen LogP contribution < -0.4 is 43.0 Å². The number of ether oxygens (including phenoxy) is 2.